The Morgan fingerprint density at radius 2 is 2.11 bits per heavy atom. The van der Waals surface area contributed by atoms with Crippen molar-refractivity contribution in [2.75, 3.05) is 0 Å². The van der Waals surface area contributed by atoms with Gasteiger partial charge in [-0.05, 0) is 18.2 Å². The minimum Gasteiger partial charge on any atom is -0.507 e. The predicted molar refractivity (Wildman–Crippen MR) is 69.5 cm³/mol. The number of rotatable bonds is 2. The van der Waals surface area contributed by atoms with E-state index >= 15 is 0 Å². The fourth-order valence-electron chi connectivity index (χ4n) is 1.61. The summed E-state index contributed by atoms with van der Waals surface area (Å²) in [5.41, 5.74) is 1.03. The summed E-state index contributed by atoms with van der Waals surface area (Å²) in [7, 11) is 0. The fraction of sp³-hybridized carbons (Fsp3) is 0. The van der Waals surface area contributed by atoms with E-state index in [2.05, 4.69) is 25.1 Å². The molecule has 2 heterocycles. The van der Waals surface area contributed by atoms with Crippen LogP contribution >= 0.6 is 11.6 Å². The van der Waals surface area contributed by atoms with Gasteiger partial charge in [0.1, 0.15) is 11.4 Å². The lowest BCUT2D eigenvalue weighted by molar-refractivity contribution is 0.477. The van der Waals surface area contributed by atoms with Gasteiger partial charge >= 0.3 is 0 Å². The number of nitrogens with zero attached hydrogens (tertiary/aromatic N) is 4. The summed E-state index contributed by atoms with van der Waals surface area (Å²) in [6, 6.07) is 4.71. The maximum absolute atomic E-state index is 9.79. The molecule has 2 N–H and O–H groups in total. The molecule has 0 aliphatic rings. The van der Waals surface area contributed by atoms with Crippen molar-refractivity contribution in [2.24, 2.45) is 0 Å². The molecule has 6 nitrogen and oxygen atoms in total. The first-order valence-electron chi connectivity index (χ1n) is 5.42. The standard InChI is InChI=1S/C12H8ClN5O/c13-7-1-2-10(19)8(5-7)11-16-12(18-17-11)9-6-14-3-4-15-9/h1-6,19H,(H,16,17,18). The van der Waals surface area contributed by atoms with Gasteiger partial charge in [0.05, 0.1) is 11.8 Å². The Morgan fingerprint density at radius 1 is 1.21 bits per heavy atom. The van der Waals surface area contributed by atoms with Gasteiger partial charge < -0.3 is 5.11 Å². The molecule has 0 spiro atoms. The van der Waals surface area contributed by atoms with E-state index in [-0.39, 0.29) is 5.75 Å². The van der Waals surface area contributed by atoms with Crippen molar-refractivity contribution in [3.63, 3.8) is 0 Å². The van der Waals surface area contributed by atoms with Crippen LogP contribution in [0.2, 0.25) is 5.02 Å². The van der Waals surface area contributed by atoms with Gasteiger partial charge in [-0.1, -0.05) is 11.6 Å². The van der Waals surface area contributed by atoms with Gasteiger partial charge in [0, 0.05) is 17.4 Å². The highest BCUT2D eigenvalue weighted by molar-refractivity contribution is 6.30. The summed E-state index contributed by atoms with van der Waals surface area (Å²) in [4.78, 5) is 12.3. The Labute approximate surface area is 113 Å². The molecule has 7 heteroatoms. The van der Waals surface area contributed by atoms with Gasteiger partial charge in [0.15, 0.2) is 5.82 Å². The summed E-state index contributed by atoms with van der Waals surface area (Å²) in [5.74, 6) is 0.898. The molecule has 0 radical (unpaired) electrons. The van der Waals surface area contributed by atoms with Crippen LogP contribution in [0.1, 0.15) is 0 Å². The van der Waals surface area contributed by atoms with Gasteiger partial charge in [0.2, 0.25) is 5.82 Å². The van der Waals surface area contributed by atoms with E-state index in [0.717, 1.165) is 0 Å². The summed E-state index contributed by atoms with van der Waals surface area (Å²) in [6.45, 7) is 0. The summed E-state index contributed by atoms with van der Waals surface area (Å²) in [6.07, 6.45) is 4.69. The molecule has 0 aliphatic heterocycles. The average molecular weight is 274 g/mol. The van der Waals surface area contributed by atoms with E-state index in [1.54, 1.807) is 30.7 Å². The van der Waals surface area contributed by atoms with Crippen LogP contribution in [0.25, 0.3) is 22.9 Å². The molecular formula is C12H8ClN5O. The van der Waals surface area contributed by atoms with E-state index in [1.807, 2.05) is 0 Å². The van der Waals surface area contributed by atoms with Crippen molar-refractivity contribution < 1.29 is 5.11 Å². The Morgan fingerprint density at radius 3 is 2.89 bits per heavy atom. The third-order valence-electron chi connectivity index (χ3n) is 2.49. The third-order valence-corrected chi connectivity index (χ3v) is 2.73. The average Bonchev–Trinajstić information content (AvgIpc) is 2.92. The van der Waals surface area contributed by atoms with E-state index in [4.69, 9.17) is 11.6 Å². The zero-order valence-electron chi connectivity index (χ0n) is 9.58. The minimum absolute atomic E-state index is 0.0752. The van der Waals surface area contributed by atoms with Gasteiger partial charge in [-0.15, -0.1) is 0 Å². The first-order valence-corrected chi connectivity index (χ1v) is 5.79. The highest BCUT2D eigenvalue weighted by atomic mass is 35.5. The van der Waals surface area contributed by atoms with Crippen molar-refractivity contribution in [2.45, 2.75) is 0 Å². The molecule has 0 bridgehead atoms. The maximum atomic E-state index is 9.79. The normalized spacial score (nSPS) is 10.6. The number of nitrogens with one attached hydrogen (secondary N) is 1. The molecule has 2 aromatic heterocycles. The largest absolute Gasteiger partial charge is 0.507 e. The number of phenolic OH excluding ortho intramolecular Hbond substituents is 1. The van der Waals surface area contributed by atoms with Gasteiger partial charge in [-0.2, -0.15) is 5.10 Å². The van der Waals surface area contributed by atoms with E-state index in [0.29, 0.717) is 27.9 Å². The summed E-state index contributed by atoms with van der Waals surface area (Å²) >= 11 is 5.89. The summed E-state index contributed by atoms with van der Waals surface area (Å²) in [5, 5.41) is 17.1. The molecule has 1 aromatic carbocycles. The number of halogens is 1. The maximum Gasteiger partial charge on any atom is 0.201 e. The van der Waals surface area contributed by atoms with Crippen molar-refractivity contribution >= 4 is 11.6 Å². The molecule has 19 heavy (non-hydrogen) atoms. The minimum atomic E-state index is 0.0752. The van der Waals surface area contributed by atoms with Gasteiger partial charge in [-0.25, -0.2) is 9.97 Å². The van der Waals surface area contributed by atoms with E-state index < -0.39 is 0 Å². The van der Waals surface area contributed by atoms with Crippen LogP contribution in [0, 0.1) is 0 Å². The number of aromatic nitrogens is 5. The number of H-pyrrole nitrogens is 1. The lowest BCUT2D eigenvalue weighted by Crippen LogP contribution is -1.86. The van der Waals surface area contributed by atoms with Crippen molar-refractivity contribution in [3.05, 3.63) is 41.8 Å². The molecular weight excluding hydrogens is 266 g/mol. The van der Waals surface area contributed by atoms with Crippen LogP contribution in [0.4, 0.5) is 0 Å². The number of hydrogen-bond donors (Lipinski definition) is 2. The molecule has 0 unspecified atom stereocenters. The fourth-order valence-corrected chi connectivity index (χ4v) is 1.78. The van der Waals surface area contributed by atoms with Crippen LogP contribution in [0.3, 0.4) is 0 Å². The van der Waals surface area contributed by atoms with Crippen molar-refractivity contribution in [1.82, 2.24) is 25.1 Å². The number of hydrogen-bond acceptors (Lipinski definition) is 5. The van der Waals surface area contributed by atoms with Crippen molar-refractivity contribution in [3.8, 4) is 28.7 Å². The predicted octanol–water partition coefficient (Wildman–Crippen LogP) is 2.29. The van der Waals surface area contributed by atoms with Crippen LogP contribution < -0.4 is 0 Å². The Bertz CT molecular complexity index is 713. The second-order valence-electron chi connectivity index (χ2n) is 3.76. The first-order chi connectivity index (χ1) is 9.24. The Hall–Kier alpha value is -2.47. The van der Waals surface area contributed by atoms with Crippen LogP contribution in [0.5, 0.6) is 5.75 Å². The monoisotopic (exact) mass is 273 g/mol. The Balaban J connectivity index is 2.04. The molecule has 0 saturated heterocycles. The molecule has 0 fully saturated rings. The zero-order valence-corrected chi connectivity index (χ0v) is 10.3. The number of aromatic amines is 1. The van der Waals surface area contributed by atoms with E-state index in [9.17, 15) is 5.11 Å². The topological polar surface area (TPSA) is 87.6 Å². The van der Waals surface area contributed by atoms with Crippen LogP contribution in [0.15, 0.2) is 36.8 Å². The van der Waals surface area contributed by atoms with Gasteiger partial charge in [0.25, 0.3) is 0 Å². The zero-order chi connectivity index (χ0) is 13.2. The first kappa shape index (κ1) is 11.6. The molecule has 94 valence electrons. The smallest absolute Gasteiger partial charge is 0.201 e. The molecule has 0 amide bonds. The number of phenols is 1. The highest BCUT2D eigenvalue weighted by Crippen LogP contribution is 2.29. The lowest BCUT2D eigenvalue weighted by atomic mass is 10.2. The van der Waals surface area contributed by atoms with Crippen LogP contribution in [-0.2, 0) is 0 Å². The number of aromatic hydroxyl groups is 1. The SMILES string of the molecule is Oc1ccc(Cl)cc1-c1nc(-c2cnccn2)n[nH]1. The molecule has 0 saturated carbocycles. The summed E-state index contributed by atoms with van der Waals surface area (Å²) < 4.78 is 0. The molecule has 0 atom stereocenters. The van der Waals surface area contributed by atoms with Crippen molar-refractivity contribution in [1.29, 1.82) is 0 Å². The Kier molecular flexibility index (Phi) is 2.85. The third kappa shape index (κ3) is 2.25. The number of benzene rings is 1. The van der Waals surface area contributed by atoms with Gasteiger partial charge in [-0.3, -0.25) is 10.1 Å². The quantitative estimate of drug-likeness (QED) is 0.748. The molecule has 3 rings (SSSR count). The second kappa shape index (κ2) is 4.66. The second-order valence-corrected chi connectivity index (χ2v) is 4.20. The lowest BCUT2D eigenvalue weighted by Gasteiger charge is -2.00. The molecule has 3 aromatic rings. The van der Waals surface area contributed by atoms with Crippen LogP contribution in [-0.4, -0.2) is 30.3 Å². The molecule has 0 aliphatic carbocycles. The van der Waals surface area contributed by atoms with E-state index in [1.165, 1.54) is 6.07 Å². The highest BCUT2D eigenvalue weighted by Gasteiger charge is 2.12.